The molecule has 2 atom stereocenters. The van der Waals surface area contributed by atoms with Crippen molar-refractivity contribution in [2.45, 2.75) is 45.1 Å². The van der Waals surface area contributed by atoms with Crippen LogP contribution in [-0.4, -0.2) is 48.8 Å². The lowest BCUT2D eigenvalue weighted by atomic mass is 9.99. The molecular weight excluding hydrogens is 200 g/mol. The highest BCUT2D eigenvalue weighted by Gasteiger charge is 2.25. The van der Waals surface area contributed by atoms with Gasteiger partial charge in [0, 0.05) is 12.1 Å². The van der Waals surface area contributed by atoms with Gasteiger partial charge in [0.15, 0.2) is 0 Å². The van der Waals surface area contributed by atoms with E-state index in [2.05, 4.69) is 24.1 Å². The van der Waals surface area contributed by atoms with Crippen LogP contribution in [0.15, 0.2) is 0 Å². The Kier molecular flexibility index (Phi) is 5.73. The largest absolute Gasteiger partial charge is 0.394 e. The molecule has 16 heavy (non-hydrogen) atoms. The van der Waals surface area contributed by atoms with Gasteiger partial charge in [-0.25, -0.2) is 0 Å². The van der Waals surface area contributed by atoms with Crippen LogP contribution in [0.25, 0.3) is 0 Å². The number of aliphatic hydroxyl groups excluding tert-OH is 1. The van der Waals surface area contributed by atoms with Crippen molar-refractivity contribution in [3.05, 3.63) is 0 Å². The second kappa shape index (κ2) is 6.58. The summed E-state index contributed by atoms with van der Waals surface area (Å²) in [6, 6.07) is 0. The molecule has 96 valence electrons. The molecule has 0 spiro atoms. The molecule has 1 aliphatic rings. The summed E-state index contributed by atoms with van der Waals surface area (Å²) in [5.41, 5.74) is -0.108. The fraction of sp³-hybridized carbons (Fsp3) is 1.00. The van der Waals surface area contributed by atoms with Crippen LogP contribution in [0.1, 0.15) is 39.5 Å². The molecule has 1 aliphatic heterocycles. The predicted molar refractivity (Wildman–Crippen MR) is 68.6 cm³/mol. The topological polar surface area (TPSA) is 35.5 Å². The van der Waals surface area contributed by atoms with Gasteiger partial charge < -0.3 is 15.3 Å². The van der Waals surface area contributed by atoms with Gasteiger partial charge >= 0.3 is 0 Å². The molecule has 3 heteroatoms. The minimum absolute atomic E-state index is 0.108. The quantitative estimate of drug-likeness (QED) is 0.692. The van der Waals surface area contributed by atoms with Gasteiger partial charge in [0.2, 0.25) is 0 Å². The molecule has 2 N–H and O–H groups in total. The maximum atomic E-state index is 9.31. The second-order valence-electron chi connectivity index (χ2n) is 5.46. The fourth-order valence-corrected chi connectivity index (χ4v) is 2.45. The van der Waals surface area contributed by atoms with Crippen LogP contribution in [0.3, 0.4) is 0 Å². The van der Waals surface area contributed by atoms with Crippen molar-refractivity contribution in [2.75, 3.05) is 33.3 Å². The van der Waals surface area contributed by atoms with E-state index in [1.807, 2.05) is 7.05 Å². The van der Waals surface area contributed by atoms with Crippen molar-refractivity contribution in [3.8, 4) is 0 Å². The number of hydrogen-bond donors (Lipinski definition) is 2. The van der Waals surface area contributed by atoms with Crippen molar-refractivity contribution in [1.29, 1.82) is 0 Å². The number of aliphatic hydroxyl groups is 1. The standard InChI is InChI=1S/C13H28N2O/c1-4-5-12-6-8-15(10-12)9-7-13(2,11-16)14-3/h12,14,16H,4-11H2,1-3H3. The molecule has 0 aliphatic carbocycles. The second-order valence-corrected chi connectivity index (χ2v) is 5.46. The average molecular weight is 228 g/mol. The van der Waals surface area contributed by atoms with E-state index in [9.17, 15) is 5.11 Å². The highest BCUT2D eigenvalue weighted by molar-refractivity contribution is 4.84. The van der Waals surface area contributed by atoms with Gasteiger partial charge in [0.25, 0.3) is 0 Å². The van der Waals surface area contributed by atoms with E-state index in [1.54, 1.807) is 0 Å². The number of likely N-dealkylation sites (N-methyl/N-ethyl adjacent to an activating group) is 1. The predicted octanol–water partition coefficient (Wildman–Crippen LogP) is 1.47. The van der Waals surface area contributed by atoms with Gasteiger partial charge in [-0.1, -0.05) is 13.3 Å². The van der Waals surface area contributed by atoms with Gasteiger partial charge in [0.1, 0.15) is 0 Å². The third-order valence-electron chi connectivity index (χ3n) is 4.00. The van der Waals surface area contributed by atoms with Gasteiger partial charge in [-0.05, 0) is 52.2 Å². The molecular formula is C13H28N2O. The SMILES string of the molecule is CCCC1CCN(CCC(C)(CO)NC)C1. The molecule has 0 aromatic rings. The van der Waals surface area contributed by atoms with Crippen LogP contribution in [0, 0.1) is 5.92 Å². The molecule has 1 fully saturated rings. The van der Waals surface area contributed by atoms with E-state index in [4.69, 9.17) is 0 Å². The van der Waals surface area contributed by atoms with Crippen molar-refractivity contribution in [3.63, 3.8) is 0 Å². The zero-order chi connectivity index (χ0) is 12.0. The fourth-order valence-electron chi connectivity index (χ4n) is 2.45. The van der Waals surface area contributed by atoms with Crippen molar-refractivity contribution in [2.24, 2.45) is 5.92 Å². The molecule has 1 saturated heterocycles. The van der Waals surface area contributed by atoms with Crippen molar-refractivity contribution < 1.29 is 5.11 Å². The van der Waals surface area contributed by atoms with E-state index in [0.717, 1.165) is 18.9 Å². The molecule has 1 rings (SSSR count). The summed E-state index contributed by atoms with van der Waals surface area (Å²) in [7, 11) is 1.93. The van der Waals surface area contributed by atoms with E-state index < -0.39 is 0 Å². The molecule has 0 amide bonds. The Bertz CT molecular complexity index is 192. The summed E-state index contributed by atoms with van der Waals surface area (Å²) in [4.78, 5) is 2.55. The van der Waals surface area contributed by atoms with Crippen LogP contribution in [0.4, 0.5) is 0 Å². The van der Waals surface area contributed by atoms with Crippen molar-refractivity contribution >= 4 is 0 Å². The minimum Gasteiger partial charge on any atom is -0.394 e. The highest BCUT2D eigenvalue weighted by Crippen LogP contribution is 2.21. The van der Waals surface area contributed by atoms with E-state index in [0.29, 0.717) is 0 Å². The maximum Gasteiger partial charge on any atom is 0.0610 e. The molecule has 0 radical (unpaired) electrons. The van der Waals surface area contributed by atoms with Crippen molar-refractivity contribution in [1.82, 2.24) is 10.2 Å². The Morgan fingerprint density at radius 2 is 2.25 bits per heavy atom. The lowest BCUT2D eigenvalue weighted by molar-refractivity contribution is 0.157. The lowest BCUT2D eigenvalue weighted by Crippen LogP contribution is -2.45. The molecule has 2 unspecified atom stereocenters. The maximum absolute atomic E-state index is 9.31. The van der Waals surface area contributed by atoms with Crippen LogP contribution in [-0.2, 0) is 0 Å². The number of rotatable bonds is 7. The third kappa shape index (κ3) is 4.04. The van der Waals surface area contributed by atoms with Crippen LogP contribution < -0.4 is 5.32 Å². The average Bonchev–Trinajstić information content (AvgIpc) is 2.74. The Morgan fingerprint density at radius 3 is 2.81 bits per heavy atom. The smallest absolute Gasteiger partial charge is 0.0610 e. The Labute approximate surface area is 100 Å². The summed E-state index contributed by atoms with van der Waals surface area (Å²) in [5, 5.41) is 12.5. The summed E-state index contributed by atoms with van der Waals surface area (Å²) >= 11 is 0. The van der Waals surface area contributed by atoms with Gasteiger partial charge in [-0.2, -0.15) is 0 Å². The normalized spacial score (nSPS) is 25.9. The molecule has 0 bridgehead atoms. The first-order chi connectivity index (χ1) is 7.63. The minimum atomic E-state index is -0.108. The molecule has 1 heterocycles. The Morgan fingerprint density at radius 1 is 1.50 bits per heavy atom. The first kappa shape index (κ1) is 13.9. The molecule has 0 aromatic heterocycles. The first-order valence-corrected chi connectivity index (χ1v) is 6.65. The van der Waals surface area contributed by atoms with Crippen LogP contribution in [0.5, 0.6) is 0 Å². The summed E-state index contributed by atoms with van der Waals surface area (Å²) in [6.07, 6.45) is 5.07. The monoisotopic (exact) mass is 228 g/mol. The zero-order valence-corrected chi connectivity index (χ0v) is 11.1. The van der Waals surface area contributed by atoms with Gasteiger partial charge in [-0.3, -0.25) is 0 Å². The van der Waals surface area contributed by atoms with E-state index in [1.165, 1.54) is 32.4 Å². The third-order valence-corrected chi connectivity index (χ3v) is 4.00. The summed E-state index contributed by atoms with van der Waals surface area (Å²) < 4.78 is 0. The molecule has 0 saturated carbocycles. The lowest BCUT2D eigenvalue weighted by Gasteiger charge is -2.29. The van der Waals surface area contributed by atoms with Crippen LogP contribution >= 0.6 is 0 Å². The summed E-state index contributed by atoms with van der Waals surface area (Å²) in [6.45, 7) is 8.20. The number of likely N-dealkylation sites (tertiary alicyclic amines) is 1. The highest BCUT2D eigenvalue weighted by atomic mass is 16.3. The Hall–Kier alpha value is -0.120. The number of hydrogen-bond acceptors (Lipinski definition) is 3. The number of nitrogens with zero attached hydrogens (tertiary/aromatic N) is 1. The van der Waals surface area contributed by atoms with E-state index >= 15 is 0 Å². The van der Waals surface area contributed by atoms with Crippen LogP contribution in [0.2, 0.25) is 0 Å². The van der Waals surface area contributed by atoms with E-state index in [-0.39, 0.29) is 12.1 Å². The van der Waals surface area contributed by atoms with Gasteiger partial charge in [-0.15, -0.1) is 0 Å². The molecule has 0 aromatic carbocycles. The Balaban J connectivity index is 2.24. The van der Waals surface area contributed by atoms with Gasteiger partial charge in [0.05, 0.1) is 6.61 Å². The zero-order valence-electron chi connectivity index (χ0n) is 11.1. The molecule has 3 nitrogen and oxygen atoms in total. The summed E-state index contributed by atoms with van der Waals surface area (Å²) in [5.74, 6) is 0.917. The first-order valence-electron chi connectivity index (χ1n) is 6.65. The number of nitrogens with one attached hydrogen (secondary N) is 1.